The average molecular weight is 353 g/mol. The number of aliphatic hydroxyl groups is 1. The third kappa shape index (κ3) is 3.38. The van der Waals surface area contributed by atoms with Crippen LogP contribution in [0.25, 0.3) is 21.8 Å². The van der Waals surface area contributed by atoms with Gasteiger partial charge in [0.2, 0.25) is 5.95 Å². The van der Waals surface area contributed by atoms with Crippen molar-refractivity contribution in [1.29, 1.82) is 0 Å². The van der Waals surface area contributed by atoms with Gasteiger partial charge in [-0.25, -0.2) is 9.97 Å². The van der Waals surface area contributed by atoms with Crippen molar-refractivity contribution in [3.05, 3.63) is 42.3 Å². The Bertz CT molecular complexity index is 825. The smallest absolute Gasteiger partial charge is 0.225 e. The van der Waals surface area contributed by atoms with Gasteiger partial charge in [-0.3, -0.25) is 9.97 Å². The number of thiophene rings is 1. The van der Waals surface area contributed by atoms with Crippen LogP contribution in [0.15, 0.2) is 42.3 Å². The van der Waals surface area contributed by atoms with Crippen LogP contribution in [0.3, 0.4) is 0 Å². The second kappa shape index (κ2) is 7.25. The topological polar surface area (TPSA) is 75.0 Å². The van der Waals surface area contributed by atoms with E-state index in [0.29, 0.717) is 11.9 Å². The first-order chi connectivity index (χ1) is 12.3. The fourth-order valence-corrected chi connectivity index (χ4v) is 3.88. The Kier molecular flexibility index (Phi) is 4.67. The van der Waals surface area contributed by atoms with Crippen molar-refractivity contribution in [3.63, 3.8) is 0 Å². The standard InChI is InChI=1S/C18H19N5OS/c24-12-13-3-1-7-23(11-13)18-21-9-14(15-10-19-5-6-20-15)17(22-18)16-4-2-8-25-16/h2,4-6,8-10,13,24H,1,3,7,11-12H2/t13-/m0/s1. The molecule has 128 valence electrons. The number of aliphatic hydroxyl groups excluding tert-OH is 1. The van der Waals surface area contributed by atoms with E-state index in [9.17, 15) is 5.11 Å². The minimum Gasteiger partial charge on any atom is -0.396 e. The Labute approximate surface area is 150 Å². The summed E-state index contributed by atoms with van der Waals surface area (Å²) in [6.45, 7) is 1.93. The van der Waals surface area contributed by atoms with Crippen molar-refractivity contribution >= 4 is 17.3 Å². The first-order valence-electron chi connectivity index (χ1n) is 8.38. The van der Waals surface area contributed by atoms with Gasteiger partial charge in [0.25, 0.3) is 0 Å². The molecule has 1 fully saturated rings. The van der Waals surface area contributed by atoms with Gasteiger partial charge in [-0.1, -0.05) is 6.07 Å². The molecule has 0 bridgehead atoms. The Morgan fingerprint density at radius 1 is 1.24 bits per heavy atom. The number of anilines is 1. The van der Waals surface area contributed by atoms with Gasteiger partial charge in [-0.2, -0.15) is 0 Å². The molecule has 0 aromatic carbocycles. The van der Waals surface area contributed by atoms with Crippen LogP contribution in [0, 0.1) is 5.92 Å². The average Bonchev–Trinajstić information content (AvgIpc) is 3.23. The highest BCUT2D eigenvalue weighted by Gasteiger charge is 2.23. The van der Waals surface area contributed by atoms with Gasteiger partial charge in [-0.05, 0) is 30.2 Å². The van der Waals surface area contributed by atoms with E-state index in [1.807, 2.05) is 17.6 Å². The number of piperidine rings is 1. The molecule has 1 atom stereocenters. The Morgan fingerprint density at radius 2 is 2.20 bits per heavy atom. The molecule has 0 amide bonds. The predicted molar refractivity (Wildman–Crippen MR) is 98.4 cm³/mol. The quantitative estimate of drug-likeness (QED) is 0.777. The summed E-state index contributed by atoms with van der Waals surface area (Å²) in [5.41, 5.74) is 2.53. The van der Waals surface area contributed by atoms with Crippen molar-refractivity contribution in [1.82, 2.24) is 19.9 Å². The van der Waals surface area contributed by atoms with E-state index in [1.54, 1.807) is 29.9 Å². The summed E-state index contributed by atoms with van der Waals surface area (Å²) < 4.78 is 0. The van der Waals surface area contributed by atoms with E-state index in [4.69, 9.17) is 4.98 Å². The molecule has 4 heterocycles. The lowest BCUT2D eigenvalue weighted by atomic mass is 9.99. The first kappa shape index (κ1) is 16.1. The van der Waals surface area contributed by atoms with Crippen LogP contribution in [-0.2, 0) is 0 Å². The zero-order chi connectivity index (χ0) is 17.1. The molecular formula is C18H19N5OS. The highest BCUT2D eigenvalue weighted by atomic mass is 32.1. The lowest BCUT2D eigenvalue weighted by Gasteiger charge is -2.32. The Balaban J connectivity index is 1.75. The number of nitrogens with zero attached hydrogens (tertiary/aromatic N) is 5. The van der Waals surface area contributed by atoms with Gasteiger partial charge in [0, 0.05) is 43.9 Å². The third-order valence-corrected chi connectivity index (χ3v) is 5.31. The van der Waals surface area contributed by atoms with Gasteiger partial charge < -0.3 is 10.0 Å². The van der Waals surface area contributed by atoms with Crippen molar-refractivity contribution in [2.45, 2.75) is 12.8 Å². The Hall–Kier alpha value is -2.38. The van der Waals surface area contributed by atoms with Crippen LogP contribution in [-0.4, -0.2) is 44.7 Å². The molecule has 0 saturated carbocycles. The molecule has 1 aliphatic heterocycles. The number of hydrogen-bond donors (Lipinski definition) is 1. The van der Waals surface area contributed by atoms with E-state index in [2.05, 4.69) is 25.9 Å². The van der Waals surface area contributed by atoms with Gasteiger partial charge in [-0.15, -0.1) is 11.3 Å². The van der Waals surface area contributed by atoms with Crippen LogP contribution in [0.5, 0.6) is 0 Å². The molecule has 1 saturated heterocycles. The number of hydrogen-bond acceptors (Lipinski definition) is 7. The predicted octanol–water partition coefficient (Wildman–Crippen LogP) is 2.87. The molecule has 0 spiro atoms. The van der Waals surface area contributed by atoms with Crippen molar-refractivity contribution in [2.24, 2.45) is 5.92 Å². The molecule has 25 heavy (non-hydrogen) atoms. The summed E-state index contributed by atoms with van der Waals surface area (Å²) in [4.78, 5) is 21.3. The summed E-state index contributed by atoms with van der Waals surface area (Å²) in [5.74, 6) is 1.01. The SMILES string of the molecule is OC[C@H]1CCCN(c2ncc(-c3cnccn3)c(-c3cccs3)n2)C1. The fraction of sp³-hybridized carbons (Fsp3) is 0.333. The maximum Gasteiger partial charge on any atom is 0.225 e. The lowest BCUT2D eigenvalue weighted by molar-refractivity contribution is 0.208. The summed E-state index contributed by atoms with van der Waals surface area (Å²) in [6, 6.07) is 4.08. The molecule has 0 aliphatic carbocycles. The van der Waals surface area contributed by atoms with Gasteiger partial charge in [0.1, 0.15) is 0 Å². The van der Waals surface area contributed by atoms with Crippen molar-refractivity contribution in [3.8, 4) is 21.8 Å². The van der Waals surface area contributed by atoms with Gasteiger partial charge in [0.15, 0.2) is 0 Å². The molecule has 1 N–H and O–H groups in total. The molecule has 4 rings (SSSR count). The summed E-state index contributed by atoms with van der Waals surface area (Å²) in [6.07, 6.45) is 9.02. The maximum atomic E-state index is 9.47. The molecule has 0 unspecified atom stereocenters. The van der Waals surface area contributed by atoms with Crippen LogP contribution in [0.2, 0.25) is 0 Å². The monoisotopic (exact) mass is 353 g/mol. The van der Waals surface area contributed by atoms with E-state index >= 15 is 0 Å². The molecule has 7 heteroatoms. The maximum absolute atomic E-state index is 9.47. The van der Waals surface area contributed by atoms with Crippen LogP contribution in [0.1, 0.15) is 12.8 Å². The molecule has 3 aromatic rings. The fourth-order valence-electron chi connectivity index (χ4n) is 3.15. The Morgan fingerprint density at radius 3 is 2.96 bits per heavy atom. The van der Waals surface area contributed by atoms with Crippen molar-refractivity contribution < 1.29 is 5.11 Å². The first-order valence-corrected chi connectivity index (χ1v) is 9.26. The minimum atomic E-state index is 0.214. The number of aromatic nitrogens is 4. The summed E-state index contributed by atoms with van der Waals surface area (Å²) in [7, 11) is 0. The number of rotatable bonds is 4. The largest absolute Gasteiger partial charge is 0.396 e. The third-order valence-electron chi connectivity index (χ3n) is 4.43. The van der Waals surface area contributed by atoms with Crippen LogP contribution < -0.4 is 4.90 Å². The molecule has 6 nitrogen and oxygen atoms in total. The summed E-state index contributed by atoms with van der Waals surface area (Å²) >= 11 is 1.65. The molecule has 3 aromatic heterocycles. The highest BCUT2D eigenvalue weighted by Crippen LogP contribution is 2.33. The second-order valence-corrected chi connectivity index (χ2v) is 7.08. The normalized spacial score (nSPS) is 17.6. The van der Waals surface area contributed by atoms with E-state index in [-0.39, 0.29) is 6.61 Å². The zero-order valence-corrected chi connectivity index (χ0v) is 14.6. The molecular weight excluding hydrogens is 334 g/mol. The molecule has 0 radical (unpaired) electrons. The van der Waals surface area contributed by atoms with Crippen LogP contribution in [0.4, 0.5) is 5.95 Å². The van der Waals surface area contributed by atoms with Crippen LogP contribution >= 0.6 is 11.3 Å². The van der Waals surface area contributed by atoms with E-state index < -0.39 is 0 Å². The lowest BCUT2D eigenvalue weighted by Crippen LogP contribution is -2.37. The van der Waals surface area contributed by atoms with E-state index in [1.165, 1.54) is 0 Å². The highest BCUT2D eigenvalue weighted by molar-refractivity contribution is 7.13. The summed E-state index contributed by atoms with van der Waals surface area (Å²) in [5, 5.41) is 11.5. The van der Waals surface area contributed by atoms with Gasteiger partial charge >= 0.3 is 0 Å². The van der Waals surface area contributed by atoms with Gasteiger partial charge in [0.05, 0.1) is 22.5 Å². The zero-order valence-electron chi connectivity index (χ0n) is 13.7. The van der Waals surface area contributed by atoms with E-state index in [0.717, 1.165) is 47.8 Å². The van der Waals surface area contributed by atoms with Crippen molar-refractivity contribution in [2.75, 3.05) is 24.6 Å². The minimum absolute atomic E-state index is 0.214. The second-order valence-electron chi connectivity index (χ2n) is 6.14. The molecule has 1 aliphatic rings.